The first-order valence-corrected chi connectivity index (χ1v) is 6.77. The standard InChI is InChI=1S/C16H14N4O2/c21-10-15-16(22-11-18-15)13-1-3-14(4-2-13)20-19-9-12-5-7-17-8-6-12/h1-8,11,21H,9-10H2. The SMILES string of the molecule is OCc1ncoc1-c1ccc(N=NCc2ccncc2)cc1. The molecule has 2 aromatic heterocycles. The van der Waals surface area contributed by atoms with Gasteiger partial charge in [-0.3, -0.25) is 4.98 Å². The van der Waals surface area contributed by atoms with Gasteiger partial charge in [0.1, 0.15) is 5.69 Å². The highest BCUT2D eigenvalue weighted by Gasteiger charge is 2.09. The van der Waals surface area contributed by atoms with E-state index < -0.39 is 0 Å². The van der Waals surface area contributed by atoms with Crippen LogP contribution in [-0.4, -0.2) is 15.1 Å². The maximum absolute atomic E-state index is 9.19. The smallest absolute Gasteiger partial charge is 0.181 e. The molecule has 3 rings (SSSR count). The van der Waals surface area contributed by atoms with Gasteiger partial charge in [0.15, 0.2) is 12.2 Å². The minimum Gasteiger partial charge on any atom is -0.443 e. The maximum Gasteiger partial charge on any atom is 0.181 e. The van der Waals surface area contributed by atoms with Gasteiger partial charge >= 0.3 is 0 Å². The van der Waals surface area contributed by atoms with Gasteiger partial charge in [-0.25, -0.2) is 4.98 Å². The van der Waals surface area contributed by atoms with Gasteiger partial charge in [0, 0.05) is 18.0 Å². The van der Waals surface area contributed by atoms with E-state index in [2.05, 4.69) is 20.2 Å². The van der Waals surface area contributed by atoms with Crippen molar-refractivity contribution < 1.29 is 9.52 Å². The summed E-state index contributed by atoms with van der Waals surface area (Å²) in [7, 11) is 0. The van der Waals surface area contributed by atoms with E-state index in [0.717, 1.165) is 16.8 Å². The second kappa shape index (κ2) is 6.73. The van der Waals surface area contributed by atoms with Crippen LogP contribution in [0, 0.1) is 0 Å². The van der Waals surface area contributed by atoms with Crippen LogP contribution in [0.5, 0.6) is 0 Å². The van der Waals surface area contributed by atoms with Crippen LogP contribution in [0.25, 0.3) is 11.3 Å². The van der Waals surface area contributed by atoms with Gasteiger partial charge in [-0.2, -0.15) is 10.2 Å². The lowest BCUT2D eigenvalue weighted by atomic mass is 10.1. The molecular formula is C16H14N4O2. The van der Waals surface area contributed by atoms with Crippen molar-refractivity contribution in [3.63, 3.8) is 0 Å². The molecule has 6 heteroatoms. The Balaban J connectivity index is 1.69. The Bertz CT molecular complexity index is 751. The average molecular weight is 294 g/mol. The van der Waals surface area contributed by atoms with Crippen molar-refractivity contribution in [2.75, 3.05) is 0 Å². The van der Waals surface area contributed by atoms with E-state index >= 15 is 0 Å². The number of rotatable bonds is 5. The number of hydrogen-bond donors (Lipinski definition) is 1. The predicted molar refractivity (Wildman–Crippen MR) is 80.3 cm³/mol. The lowest BCUT2D eigenvalue weighted by Crippen LogP contribution is -1.86. The highest BCUT2D eigenvalue weighted by molar-refractivity contribution is 5.61. The Morgan fingerprint density at radius 1 is 1.05 bits per heavy atom. The van der Waals surface area contributed by atoms with Gasteiger partial charge in [-0.15, -0.1) is 0 Å². The molecule has 0 aliphatic carbocycles. The molecule has 6 nitrogen and oxygen atoms in total. The van der Waals surface area contributed by atoms with Crippen LogP contribution in [-0.2, 0) is 13.2 Å². The molecule has 1 aromatic carbocycles. The van der Waals surface area contributed by atoms with Gasteiger partial charge in [-0.1, -0.05) is 0 Å². The molecule has 2 heterocycles. The maximum atomic E-state index is 9.19. The number of azo groups is 1. The highest BCUT2D eigenvalue weighted by Crippen LogP contribution is 2.25. The van der Waals surface area contributed by atoms with E-state index in [9.17, 15) is 5.11 Å². The third kappa shape index (κ3) is 3.24. The fraction of sp³-hybridized carbons (Fsp3) is 0.125. The van der Waals surface area contributed by atoms with E-state index in [1.807, 2.05) is 36.4 Å². The molecule has 3 aromatic rings. The summed E-state index contributed by atoms with van der Waals surface area (Å²) in [6, 6.07) is 11.2. The average Bonchev–Trinajstić information content (AvgIpc) is 3.05. The Labute approximate surface area is 127 Å². The number of aliphatic hydroxyl groups is 1. The normalized spacial score (nSPS) is 11.1. The van der Waals surface area contributed by atoms with Crippen molar-refractivity contribution in [3.05, 3.63) is 66.4 Å². The molecule has 0 unspecified atom stereocenters. The van der Waals surface area contributed by atoms with E-state index in [-0.39, 0.29) is 6.61 Å². The second-order valence-electron chi connectivity index (χ2n) is 4.59. The van der Waals surface area contributed by atoms with Gasteiger partial charge in [-0.05, 0) is 42.0 Å². The van der Waals surface area contributed by atoms with Crippen LogP contribution >= 0.6 is 0 Å². The second-order valence-corrected chi connectivity index (χ2v) is 4.59. The molecule has 0 saturated heterocycles. The Morgan fingerprint density at radius 3 is 2.55 bits per heavy atom. The Morgan fingerprint density at radius 2 is 1.82 bits per heavy atom. The number of aliphatic hydroxyl groups excluding tert-OH is 1. The summed E-state index contributed by atoms with van der Waals surface area (Å²) < 4.78 is 5.29. The molecule has 0 fully saturated rings. The molecule has 22 heavy (non-hydrogen) atoms. The molecule has 0 spiro atoms. The summed E-state index contributed by atoms with van der Waals surface area (Å²) in [6.07, 6.45) is 4.79. The lowest BCUT2D eigenvalue weighted by molar-refractivity contribution is 0.277. The largest absolute Gasteiger partial charge is 0.443 e. The minimum atomic E-state index is -0.154. The molecular weight excluding hydrogens is 280 g/mol. The van der Waals surface area contributed by atoms with Crippen LogP contribution < -0.4 is 0 Å². The van der Waals surface area contributed by atoms with Gasteiger partial charge in [0.05, 0.1) is 18.8 Å². The lowest BCUT2D eigenvalue weighted by Gasteiger charge is -1.99. The zero-order valence-corrected chi connectivity index (χ0v) is 11.8. The fourth-order valence-corrected chi connectivity index (χ4v) is 1.98. The minimum absolute atomic E-state index is 0.154. The molecule has 0 bridgehead atoms. The Kier molecular flexibility index (Phi) is 4.31. The van der Waals surface area contributed by atoms with Crippen molar-refractivity contribution in [1.82, 2.24) is 9.97 Å². The summed E-state index contributed by atoms with van der Waals surface area (Å²) >= 11 is 0. The van der Waals surface area contributed by atoms with E-state index in [1.54, 1.807) is 12.4 Å². The van der Waals surface area contributed by atoms with Crippen molar-refractivity contribution in [2.45, 2.75) is 13.2 Å². The molecule has 0 aliphatic rings. The van der Waals surface area contributed by atoms with Crippen LogP contribution in [0.3, 0.4) is 0 Å². The zero-order valence-electron chi connectivity index (χ0n) is 11.8. The monoisotopic (exact) mass is 294 g/mol. The molecule has 0 atom stereocenters. The summed E-state index contributed by atoms with van der Waals surface area (Å²) in [5.74, 6) is 0.572. The summed E-state index contributed by atoms with van der Waals surface area (Å²) in [4.78, 5) is 7.91. The molecule has 110 valence electrons. The number of nitrogens with zero attached hydrogens (tertiary/aromatic N) is 4. The number of aromatic nitrogens is 2. The highest BCUT2D eigenvalue weighted by atomic mass is 16.3. The predicted octanol–water partition coefficient (Wildman–Crippen LogP) is 3.51. The zero-order chi connectivity index (χ0) is 15.2. The molecule has 1 N–H and O–H groups in total. The van der Waals surface area contributed by atoms with E-state index in [1.165, 1.54) is 6.39 Å². The van der Waals surface area contributed by atoms with Gasteiger partial charge in [0.25, 0.3) is 0 Å². The molecule has 0 saturated carbocycles. The van der Waals surface area contributed by atoms with Crippen LogP contribution in [0.4, 0.5) is 5.69 Å². The third-order valence-electron chi connectivity index (χ3n) is 3.11. The third-order valence-corrected chi connectivity index (χ3v) is 3.11. The number of benzene rings is 1. The topological polar surface area (TPSA) is 83.9 Å². The number of hydrogen-bond acceptors (Lipinski definition) is 6. The van der Waals surface area contributed by atoms with Gasteiger partial charge < -0.3 is 9.52 Å². The van der Waals surface area contributed by atoms with Crippen LogP contribution in [0.2, 0.25) is 0 Å². The van der Waals surface area contributed by atoms with E-state index in [4.69, 9.17) is 4.42 Å². The first-order valence-electron chi connectivity index (χ1n) is 6.77. The molecule has 0 aliphatic heterocycles. The first-order chi connectivity index (χ1) is 10.9. The number of oxazole rings is 1. The summed E-state index contributed by atoms with van der Waals surface area (Å²) in [5.41, 5.74) is 3.18. The van der Waals surface area contributed by atoms with Crippen molar-refractivity contribution in [2.24, 2.45) is 10.2 Å². The molecule has 0 amide bonds. The fourth-order valence-electron chi connectivity index (χ4n) is 1.98. The van der Waals surface area contributed by atoms with Crippen LogP contribution in [0.1, 0.15) is 11.3 Å². The van der Waals surface area contributed by atoms with Crippen molar-refractivity contribution in [3.8, 4) is 11.3 Å². The van der Waals surface area contributed by atoms with E-state index in [0.29, 0.717) is 18.0 Å². The number of pyridine rings is 1. The summed E-state index contributed by atoms with van der Waals surface area (Å²) in [6.45, 7) is 0.361. The van der Waals surface area contributed by atoms with Crippen LogP contribution in [0.15, 0.2) is 69.8 Å². The van der Waals surface area contributed by atoms with Gasteiger partial charge in [0.2, 0.25) is 0 Å². The quantitative estimate of drug-likeness (QED) is 0.730. The molecule has 0 radical (unpaired) electrons. The van der Waals surface area contributed by atoms with Crippen molar-refractivity contribution in [1.29, 1.82) is 0 Å². The first kappa shape index (κ1) is 14.1. The Hall–Kier alpha value is -2.86. The summed E-state index contributed by atoms with van der Waals surface area (Å²) in [5, 5.41) is 17.5. The van der Waals surface area contributed by atoms with Crippen molar-refractivity contribution >= 4 is 5.69 Å².